The molecule has 0 aliphatic heterocycles. The van der Waals surface area contributed by atoms with E-state index in [1.165, 1.54) is 51.4 Å². The Balaban J connectivity index is 2.05. The van der Waals surface area contributed by atoms with Crippen LogP contribution < -0.4 is 5.73 Å². The summed E-state index contributed by atoms with van der Waals surface area (Å²) in [4.78, 5) is 10.5. The quantitative estimate of drug-likeness (QED) is 0.697. The van der Waals surface area contributed by atoms with E-state index < -0.39 is 5.97 Å². The molecule has 0 radical (unpaired) electrons. The maximum absolute atomic E-state index is 10.5. The second-order valence-electron chi connectivity index (χ2n) is 6.13. The van der Waals surface area contributed by atoms with Gasteiger partial charge in [-0.25, -0.2) is 0 Å². The molecule has 0 aromatic rings. The van der Waals surface area contributed by atoms with Crippen LogP contribution in [0.4, 0.5) is 0 Å². The monoisotopic (exact) mass is 255 g/mol. The van der Waals surface area contributed by atoms with Crippen molar-refractivity contribution in [2.45, 2.75) is 77.2 Å². The van der Waals surface area contributed by atoms with Crippen molar-refractivity contribution in [3.8, 4) is 0 Å². The molecule has 3 N–H and O–H groups in total. The lowest BCUT2D eigenvalue weighted by Gasteiger charge is -2.22. The molecule has 1 fully saturated rings. The van der Waals surface area contributed by atoms with Crippen molar-refractivity contribution in [3.63, 3.8) is 0 Å². The second kappa shape index (κ2) is 8.52. The minimum Gasteiger partial charge on any atom is -0.481 e. The van der Waals surface area contributed by atoms with E-state index in [2.05, 4.69) is 6.92 Å². The molecular weight excluding hydrogens is 226 g/mol. The third-order valence-electron chi connectivity index (χ3n) is 4.18. The molecule has 0 aromatic heterocycles. The van der Waals surface area contributed by atoms with Gasteiger partial charge in [-0.1, -0.05) is 58.3 Å². The van der Waals surface area contributed by atoms with Crippen LogP contribution in [0.3, 0.4) is 0 Å². The summed E-state index contributed by atoms with van der Waals surface area (Å²) >= 11 is 0. The summed E-state index contributed by atoms with van der Waals surface area (Å²) in [5, 5.41) is 8.66. The standard InChI is InChI=1S/C15H29NO2/c1-12(10-14(16)11-15(17)18)6-5-9-13-7-3-2-4-8-13/h12-14H,2-11,16H2,1H3,(H,17,18)/t12-,14-/m1/s1. The molecule has 2 atom stereocenters. The van der Waals surface area contributed by atoms with E-state index in [-0.39, 0.29) is 12.5 Å². The summed E-state index contributed by atoms with van der Waals surface area (Å²) in [5.74, 6) is 0.735. The number of rotatable bonds is 8. The SMILES string of the molecule is C[C@H](CCCC1CCCCC1)C[C@@H](N)CC(=O)O. The number of carboxylic acids is 1. The molecule has 0 spiro atoms. The van der Waals surface area contributed by atoms with Gasteiger partial charge in [0.25, 0.3) is 0 Å². The van der Waals surface area contributed by atoms with Gasteiger partial charge in [0.15, 0.2) is 0 Å². The largest absolute Gasteiger partial charge is 0.481 e. The van der Waals surface area contributed by atoms with E-state index >= 15 is 0 Å². The molecule has 1 aliphatic carbocycles. The number of hydrogen-bond acceptors (Lipinski definition) is 2. The Morgan fingerprint density at radius 3 is 2.61 bits per heavy atom. The Morgan fingerprint density at radius 2 is 2.00 bits per heavy atom. The average molecular weight is 255 g/mol. The zero-order valence-corrected chi connectivity index (χ0v) is 11.7. The van der Waals surface area contributed by atoms with Gasteiger partial charge in [0.1, 0.15) is 0 Å². The molecule has 0 aromatic carbocycles. The van der Waals surface area contributed by atoms with Crippen molar-refractivity contribution in [1.29, 1.82) is 0 Å². The third-order valence-corrected chi connectivity index (χ3v) is 4.18. The lowest BCUT2D eigenvalue weighted by Crippen LogP contribution is -2.26. The number of carbonyl (C=O) groups is 1. The second-order valence-corrected chi connectivity index (χ2v) is 6.13. The van der Waals surface area contributed by atoms with Crippen molar-refractivity contribution >= 4 is 5.97 Å². The molecule has 0 saturated heterocycles. The van der Waals surface area contributed by atoms with Crippen LogP contribution in [0.25, 0.3) is 0 Å². The normalized spacial score (nSPS) is 20.6. The van der Waals surface area contributed by atoms with Crippen molar-refractivity contribution < 1.29 is 9.90 Å². The fourth-order valence-corrected chi connectivity index (χ4v) is 3.17. The molecule has 1 aliphatic rings. The summed E-state index contributed by atoms with van der Waals surface area (Å²) in [7, 11) is 0. The van der Waals surface area contributed by atoms with Gasteiger partial charge in [0.05, 0.1) is 6.42 Å². The lowest BCUT2D eigenvalue weighted by atomic mass is 9.84. The van der Waals surface area contributed by atoms with E-state index in [0.717, 1.165) is 12.3 Å². The van der Waals surface area contributed by atoms with Crippen LogP contribution in [-0.2, 0) is 4.79 Å². The van der Waals surface area contributed by atoms with E-state index in [0.29, 0.717) is 5.92 Å². The fraction of sp³-hybridized carbons (Fsp3) is 0.933. The van der Waals surface area contributed by atoms with Crippen molar-refractivity contribution in [1.82, 2.24) is 0 Å². The minimum absolute atomic E-state index is 0.104. The number of nitrogens with two attached hydrogens (primary N) is 1. The molecule has 18 heavy (non-hydrogen) atoms. The Labute approximate surface area is 111 Å². The maximum atomic E-state index is 10.5. The third kappa shape index (κ3) is 7.00. The predicted molar refractivity (Wildman–Crippen MR) is 74.4 cm³/mol. The zero-order chi connectivity index (χ0) is 13.4. The zero-order valence-electron chi connectivity index (χ0n) is 11.7. The highest BCUT2D eigenvalue weighted by Crippen LogP contribution is 2.28. The van der Waals surface area contributed by atoms with E-state index in [1.807, 2.05) is 0 Å². The highest BCUT2D eigenvalue weighted by Gasteiger charge is 2.15. The van der Waals surface area contributed by atoms with Crippen LogP contribution >= 0.6 is 0 Å². The molecule has 0 bridgehead atoms. The lowest BCUT2D eigenvalue weighted by molar-refractivity contribution is -0.137. The van der Waals surface area contributed by atoms with E-state index in [9.17, 15) is 4.79 Å². The van der Waals surface area contributed by atoms with Crippen molar-refractivity contribution in [3.05, 3.63) is 0 Å². The van der Waals surface area contributed by atoms with Crippen LogP contribution in [0, 0.1) is 11.8 Å². The molecule has 106 valence electrons. The van der Waals surface area contributed by atoms with Gasteiger partial charge in [-0.15, -0.1) is 0 Å². The van der Waals surface area contributed by atoms with Gasteiger partial charge < -0.3 is 10.8 Å². The maximum Gasteiger partial charge on any atom is 0.304 e. The Morgan fingerprint density at radius 1 is 1.33 bits per heavy atom. The van der Waals surface area contributed by atoms with Crippen LogP contribution in [0.5, 0.6) is 0 Å². The van der Waals surface area contributed by atoms with E-state index in [4.69, 9.17) is 10.8 Å². The molecular formula is C15H29NO2. The number of aliphatic carboxylic acids is 1. The first-order chi connectivity index (χ1) is 8.58. The van der Waals surface area contributed by atoms with Gasteiger partial charge in [-0.2, -0.15) is 0 Å². The Hall–Kier alpha value is -0.570. The van der Waals surface area contributed by atoms with E-state index in [1.54, 1.807) is 0 Å². The Kier molecular flexibility index (Phi) is 7.33. The minimum atomic E-state index is -0.781. The molecule has 0 amide bonds. The molecule has 0 unspecified atom stereocenters. The van der Waals surface area contributed by atoms with Gasteiger partial charge in [0.2, 0.25) is 0 Å². The first-order valence-electron chi connectivity index (χ1n) is 7.55. The van der Waals surface area contributed by atoms with Crippen LogP contribution in [0.15, 0.2) is 0 Å². The molecule has 1 rings (SSSR count). The molecule has 0 heterocycles. The average Bonchev–Trinajstić information content (AvgIpc) is 2.29. The van der Waals surface area contributed by atoms with Gasteiger partial charge in [-0.05, 0) is 18.3 Å². The van der Waals surface area contributed by atoms with Crippen LogP contribution in [0.1, 0.15) is 71.1 Å². The molecule has 3 heteroatoms. The first-order valence-corrected chi connectivity index (χ1v) is 7.55. The summed E-state index contributed by atoms with van der Waals surface area (Å²) in [5.41, 5.74) is 5.81. The van der Waals surface area contributed by atoms with Gasteiger partial charge >= 0.3 is 5.97 Å². The van der Waals surface area contributed by atoms with Crippen LogP contribution in [0.2, 0.25) is 0 Å². The smallest absolute Gasteiger partial charge is 0.304 e. The highest BCUT2D eigenvalue weighted by atomic mass is 16.4. The summed E-state index contributed by atoms with van der Waals surface area (Å²) in [6, 6.07) is -0.174. The van der Waals surface area contributed by atoms with Gasteiger partial charge in [0, 0.05) is 6.04 Å². The number of hydrogen-bond donors (Lipinski definition) is 2. The Bertz CT molecular complexity index is 237. The van der Waals surface area contributed by atoms with Crippen molar-refractivity contribution in [2.24, 2.45) is 17.6 Å². The topological polar surface area (TPSA) is 63.3 Å². The first kappa shape index (κ1) is 15.5. The molecule has 1 saturated carbocycles. The van der Waals surface area contributed by atoms with Crippen LogP contribution in [-0.4, -0.2) is 17.1 Å². The summed E-state index contributed by atoms with van der Waals surface area (Å²) < 4.78 is 0. The predicted octanol–water partition coefficient (Wildman–Crippen LogP) is 3.57. The van der Waals surface area contributed by atoms with Crippen molar-refractivity contribution in [2.75, 3.05) is 0 Å². The fourth-order valence-electron chi connectivity index (χ4n) is 3.17. The summed E-state index contributed by atoms with van der Waals surface area (Å²) in [6.45, 7) is 2.20. The summed E-state index contributed by atoms with van der Waals surface area (Å²) in [6.07, 6.45) is 11.9. The molecule has 3 nitrogen and oxygen atoms in total. The highest BCUT2D eigenvalue weighted by molar-refractivity contribution is 5.67. The van der Waals surface area contributed by atoms with Gasteiger partial charge in [-0.3, -0.25) is 4.79 Å². The number of carboxylic acid groups (broad SMARTS) is 1.